The number of methoxy groups -OCH3 is 1. The lowest BCUT2D eigenvalue weighted by atomic mass is 10.1. The zero-order valence-corrected chi connectivity index (χ0v) is 10.2. The van der Waals surface area contributed by atoms with Gasteiger partial charge in [-0.05, 0) is 24.6 Å². The van der Waals surface area contributed by atoms with Crippen LogP contribution in [0.5, 0.6) is 5.75 Å². The highest BCUT2D eigenvalue weighted by Gasteiger charge is 2.14. The molecule has 1 aromatic carbocycles. The third kappa shape index (κ3) is 1.97. The SMILES string of the molecule is COc1cc(C)c(Cl)cc1-c1[nH]cnc1C#N. The average Bonchev–Trinajstić information content (AvgIpc) is 2.80. The van der Waals surface area contributed by atoms with Crippen LogP contribution in [0.4, 0.5) is 0 Å². The molecular formula is C12H10ClN3O. The molecule has 86 valence electrons. The Bertz CT molecular complexity index is 598. The summed E-state index contributed by atoms with van der Waals surface area (Å²) in [5, 5.41) is 9.57. The highest BCUT2D eigenvalue weighted by atomic mass is 35.5. The van der Waals surface area contributed by atoms with Crippen LogP contribution in [0, 0.1) is 18.3 Å². The summed E-state index contributed by atoms with van der Waals surface area (Å²) in [6, 6.07) is 5.62. The first-order valence-corrected chi connectivity index (χ1v) is 5.33. The van der Waals surface area contributed by atoms with Gasteiger partial charge in [-0.15, -0.1) is 0 Å². The van der Waals surface area contributed by atoms with Crippen molar-refractivity contribution in [3.8, 4) is 23.1 Å². The zero-order chi connectivity index (χ0) is 12.4. The summed E-state index contributed by atoms with van der Waals surface area (Å²) in [6.07, 6.45) is 1.47. The number of halogens is 1. The van der Waals surface area contributed by atoms with Gasteiger partial charge in [0.2, 0.25) is 0 Å². The molecule has 0 unspecified atom stereocenters. The molecule has 0 saturated heterocycles. The van der Waals surface area contributed by atoms with Gasteiger partial charge in [-0.3, -0.25) is 0 Å². The van der Waals surface area contributed by atoms with E-state index in [1.165, 1.54) is 6.33 Å². The number of nitrogens with one attached hydrogen (secondary N) is 1. The summed E-state index contributed by atoms with van der Waals surface area (Å²) in [7, 11) is 1.58. The monoisotopic (exact) mass is 247 g/mol. The van der Waals surface area contributed by atoms with Crippen LogP contribution in [0.2, 0.25) is 5.02 Å². The van der Waals surface area contributed by atoms with Crippen molar-refractivity contribution < 1.29 is 4.74 Å². The van der Waals surface area contributed by atoms with Gasteiger partial charge < -0.3 is 9.72 Å². The Labute approximate surface area is 104 Å². The Morgan fingerprint density at radius 2 is 2.24 bits per heavy atom. The summed E-state index contributed by atoms with van der Waals surface area (Å²) in [5.74, 6) is 0.660. The molecule has 0 spiro atoms. The number of aromatic amines is 1. The van der Waals surface area contributed by atoms with Crippen molar-refractivity contribution >= 4 is 11.6 Å². The number of hydrogen-bond donors (Lipinski definition) is 1. The molecule has 1 N–H and O–H groups in total. The van der Waals surface area contributed by atoms with Gasteiger partial charge in [0.05, 0.1) is 19.1 Å². The molecule has 0 atom stereocenters. The lowest BCUT2D eigenvalue weighted by molar-refractivity contribution is 0.416. The topological polar surface area (TPSA) is 61.7 Å². The summed E-state index contributed by atoms with van der Waals surface area (Å²) >= 11 is 6.08. The summed E-state index contributed by atoms with van der Waals surface area (Å²) in [4.78, 5) is 6.85. The highest BCUT2D eigenvalue weighted by molar-refractivity contribution is 6.31. The van der Waals surface area contributed by atoms with E-state index < -0.39 is 0 Å². The van der Waals surface area contributed by atoms with E-state index in [2.05, 4.69) is 9.97 Å². The molecule has 0 aliphatic rings. The zero-order valence-electron chi connectivity index (χ0n) is 9.41. The van der Waals surface area contributed by atoms with Gasteiger partial charge in [0.25, 0.3) is 0 Å². The van der Waals surface area contributed by atoms with E-state index in [4.69, 9.17) is 21.6 Å². The van der Waals surface area contributed by atoms with Gasteiger partial charge in [0, 0.05) is 10.6 Å². The Hall–Kier alpha value is -1.99. The molecule has 1 aromatic heterocycles. The maximum Gasteiger partial charge on any atom is 0.166 e. The van der Waals surface area contributed by atoms with Gasteiger partial charge in [0.15, 0.2) is 5.69 Å². The molecular weight excluding hydrogens is 238 g/mol. The van der Waals surface area contributed by atoms with Crippen LogP contribution >= 0.6 is 11.6 Å². The van der Waals surface area contributed by atoms with E-state index in [0.29, 0.717) is 22.2 Å². The molecule has 5 heteroatoms. The number of H-pyrrole nitrogens is 1. The Kier molecular flexibility index (Phi) is 3.03. The molecule has 2 aromatic rings. The normalized spacial score (nSPS) is 10.0. The van der Waals surface area contributed by atoms with Gasteiger partial charge in [-0.25, -0.2) is 4.98 Å². The number of ether oxygens (including phenoxy) is 1. The van der Waals surface area contributed by atoms with E-state index in [1.54, 1.807) is 13.2 Å². The molecule has 0 amide bonds. The van der Waals surface area contributed by atoms with Crippen LogP contribution in [-0.2, 0) is 0 Å². The molecule has 0 aliphatic carbocycles. The van der Waals surface area contributed by atoms with Crippen molar-refractivity contribution in [1.29, 1.82) is 5.26 Å². The predicted octanol–water partition coefficient (Wildman–Crippen LogP) is 2.92. The van der Waals surface area contributed by atoms with E-state index in [0.717, 1.165) is 11.1 Å². The number of rotatable bonds is 2. The number of nitrogens with zero attached hydrogens (tertiary/aromatic N) is 2. The maximum atomic E-state index is 8.95. The lowest BCUT2D eigenvalue weighted by Crippen LogP contribution is -1.92. The lowest BCUT2D eigenvalue weighted by Gasteiger charge is -2.09. The summed E-state index contributed by atoms with van der Waals surface area (Å²) < 4.78 is 5.29. The van der Waals surface area contributed by atoms with Crippen LogP contribution in [0.3, 0.4) is 0 Å². The van der Waals surface area contributed by atoms with Gasteiger partial charge in [-0.1, -0.05) is 11.6 Å². The minimum atomic E-state index is 0.322. The highest BCUT2D eigenvalue weighted by Crippen LogP contribution is 2.34. The molecule has 2 rings (SSSR count). The fourth-order valence-electron chi connectivity index (χ4n) is 1.60. The molecule has 0 bridgehead atoms. The van der Waals surface area contributed by atoms with Gasteiger partial charge in [0.1, 0.15) is 11.8 Å². The number of nitriles is 1. The van der Waals surface area contributed by atoms with Gasteiger partial charge >= 0.3 is 0 Å². The Morgan fingerprint density at radius 1 is 1.47 bits per heavy atom. The van der Waals surface area contributed by atoms with E-state index in [9.17, 15) is 0 Å². The molecule has 0 aliphatic heterocycles. The van der Waals surface area contributed by atoms with Crippen LogP contribution in [0.25, 0.3) is 11.3 Å². The summed E-state index contributed by atoms with van der Waals surface area (Å²) in [6.45, 7) is 1.90. The standard InChI is InChI=1S/C12H10ClN3O/c1-7-3-11(17-2)8(4-9(7)13)12-10(5-14)15-6-16-12/h3-4,6H,1-2H3,(H,15,16). The number of aryl methyl sites for hydroxylation is 1. The van der Waals surface area contributed by atoms with Crippen molar-refractivity contribution in [2.24, 2.45) is 0 Å². The van der Waals surface area contributed by atoms with Crippen LogP contribution in [0.1, 0.15) is 11.3 Å². The second kappa shape index (κ2) is 4.48. The predicted molar refractivity (Wildman–Crippen MR) is 65.0 cm³/mol. The largest absolute Gasteiger partial charge is 0.496 e. The number of aromatic nitrogens is 2. The fraction of sp³-hybridized carbons (Fsp3) is 0.167. The quantitative estimate of drug-likeness (QED) is 0.888. The second-order valence-corrected chi connectivity index (χ2v) is 3.95. The van der Waals surface area contributed by atoms with Crippen molar-refractivity contribution in [3.63, 3.8) is 0 Å². The number of imidazole rings is 1. The molecule has 0 fully saturated rings. The minimum absolute atomic E-state index is 0.322. The Morgan fingerprint density at radius 3 is 2.88 bits per heavy atom. The molecule has 0 saturated carbocycles. The molecule has 4 nitrogen and oxygen atoms in total. The first-order valence-electron chi connectivity index (χ1n) is 4.95. The number of hydrogen-bond acceptors (Lipinski definition) is 3. The van der Waals surface area contributed by atoms with Crippen LogP contribution in [-0.4, -0.2) is 17.1 Å². The molecule has 17 heavy (non-hydrogen) atoms. The first-order chi connectivity index (χ1) is 8.17. The van der Waals surface area contributed by atoms with Crippen molar-refractivity contribution in [2.75, 3.05) is 7.11 Å². The van der Waals surface area contributed by atoms with Crippen molar-refractivity contribution in [3.05, 3.63) is 34.7 Å². The second-order valence-electron chi connectivity index (χ2n) is 3.54. The minimum Gasteiger partial charge on any atom is -0.496 e. The summed E-state index contributed by atoms with van der Waals surface area (Å²) in [5.41, 5.74) is 2.59. The van der Waals surface area contributed by atoms with Crippen LogP contribution in [0.15, 0.2) is 18.5 Å². The molecule has 1 heterocycles. The first kappa shape index (κ1) is 11.5. The van der Waals surface area contributed by atoms with Crippen molar-refractivity contribution in [2.45, 2.75) is 6.92 Å². The van der Waals surface area contributed by atoms with E-state index in [-0.39, 0.29) is 0 Å². The van der Waals surface area contributed by atoms with E-state index in [1.807, 2.05) is 19.1 Å². The number of benzene rings is 1. The smallest absolute Gasteiger partial charge is 0.166 e. The van der Waals surface area contributed by atoms with Crippen LogP contribution < -0.4 is 4.74 Å². The maximum absolute atomic E-state index is 8.95. The third-order valence-corrected chi connectivity index (χ3v) is 2.90. The fourth-order valence-corrected chi connectivity index (χ4v) is 1.77. The average molecular weight is 248 g/mol. The Balaban J connectivity index is 2.67. The van der Waals surface area contributed by atoms with E-state index >= 15 is 0 Å². The third-order valence-electron chi connectivity index (χ3n) is 2.50. The van der Waals surface area contributed by atoms with Gasteiger partial charge in [-0.2, -0.15) is 5.26 Å². The molecule has 0 radical (unpaired) electrons. The van der Waals surface area contributed by atoms with Crippen molar-refractivity contribution in [1.82, 2.24) is 9.97 Å².